The Morgan fingerprint density at radius 1 is 1.17 bits per heavy atom. The number of aryl methyl sites for hydroxylation is 1. The number of thioether (sulfide) groups is 1. The van der Waals surface area contributed by atoms with Crippen LogP contribution < -0.4 is 0 Å². The van der Waals surface area contributed by atoms with E-state index in [1.54, 1.807) is 0 Å². The minimum absolute atomic E-state index is 0.0130. The van der Waals surface area contributed by atoms with E-state index in [0.29, 0.717) is 13.1 Å². The van der Waals surface area contributed by atoms with Crippen LogP contribution in [0.2, 0.25) is 0 Å². The van der Waals surface area contributed by atoms with Gasteiger partial charge in [-0.1, -0.05) is 17.7 Å². The number of carbonyl (C=O) groups is 2. The quantitative estimate of drug-likeness (QED) is 0.768. The maximum absolute atomic E-state index is 12.9. The van der Waals surface area contributed by atoms with Crippen LogP contribution in [0, 0.1) is 6.92 Å². The fourth-order valence-corrected chi connectivity index (χ4v) is 4.98. The van der Waals surface area contributed by atoms with Gasteiger partial charge in [0.25, 0.3) is 5.91 Å². The van der Waals surface area contributed by atoms with Crippen LogP contribution in [0.3, 0.4) is 0 Å². The van der Waals surface area contributed by atoms with E-state index in [4.69, 9.17) is 11.6 Å². The number of halogens is 1. The van der Waals surface area contributed by atoms with E-state index in [1.807, 2.05) is 52.8 Å². The van der Waals surface area contributed by atoms with Gasteiger partial charge in [-0.15, -0.1) is 23.4 Å². The van der Waals surface area contributed by atoms with Crippen molar-refractivity contribution < 1.29 is 9.59 Å². The Balaban J connectivity index is 1.74. The second-order valence-electron chi connectivity index (χ2n) is 6.13. The highest BCUT2D eigenvalue weighted by molar-refractivity contribution is 8.00. The summed E-state index contributed by atoms with van der Waals surface area (Å²) in [5.41, 5.74) is 1.90. The van der Waals surface area contributed by atoms with Crippen molar-refractivity contribution in [2.45, 2.75) is 24.6 Å². The van der Waals surface area contributed by atoms with E-state index < -0.39 is 0 Å². The van der Waals surface area contributed by atoms with Gasteiger partial charge in [0.15, 0.2) is 0 Å². The van der Waals surface area contributed by atoms with Gasteiger partial charge in [-0.3, -0.25) is 9.59 Å². The van der Waals surface area contributed by atoms with Crippen LogP contribution in [-0.4, -0.2) is 57.8 Å². The van der Waals surface area contributed by atoms with E-state index in [9.17, 15) is 9.59 Å². The molecule has 2 amide bonds. The molecule has 6 heteroatoms. The largest absolute Gasteiger partial charge is 0.341 e. The molecule has 23 heavy (non-hydrogen) atoms. The normalized spacial score (nSPS) is 20.1. The van der Waals surface area contributed by atoms with E-state index in [1.165, 1.54) is 0 Å². The molecule has 0 atom stereocenters. The number of benzene rings is 1. The molecule has 3 rings (SSSR count). The standard InChI is InChI=1S/C17H21ClN2O2S/c1-13-2-4-14(5-3-13)16(22)20-10-11-23-17(20)6-8-19(9-7-17)15(21)12-18/h2-5H,6-12H2,1H3. The molecule has 2 aliphatic rings. The maximum Gasteiger partial charge on any atom is 0.254 e. The summed E-state index contributed by atoms with van der Waals surface area (Å²) in [7, 11) is 0. The average molecular weight is 353 g/mol. The molecule has 1 aromatic carbocycles. The average Bonchev–Trinajstić information content (AvgIpc) is 2.98. The molecule has 2 aliphatic heterocycles. The van der Waals surface area contributed by atoms with Gasteiger partial charge >= 0.3 is 0 Å². The van der Waals surface area contributed by atoms with Gasteiger partial charge in [0.1, 0.15) is 5.88 Å². The first-order chi connectivity index (χ1) is 11.1. The van der Waals surface area contributed by atoms with Crippen LogP contribution in [0.5, 0.6) is 0 Å². The lowest BCUT2D eigenvalue weighted by Crippen LogP contribution is -2.53. The number of nitrogens with zero attached hydrogens (tertiary/aromatic N) is 2. The minimum atomic E-state index is -0.162. The zero-order chi connectivity index (χ0) is 16.4. The molecule has 124 valence electrons. The van der Waals surface area contributed by atoms with Crippen LogP contribution >= 0.6 is 23.4 Å². The van der Waals surface area contributed by atoms with Crippen molar-refractivity contribution in [3.8, 4) is 0 Å². The van der Waals surface area contributed by atoms with Crippen LogP contribution in [0.15, 0.2) is 24.3 Å². The third kappa shape index (κ3) is 3.22. The predicted octanol–water partition coefficient (Wildman–Crippen LogP) is 2.74. The Morgan fingerprint density at radius 2 is 1.83 bits per heavy atom. The number of rotatable bonds is 2. The van der Waals surface area contributed by atoms with Gasteiger partial charge in [-0.2, -0.15) is 0 Å². The SMILES string of the molecule is Cc1ccc(C(=O)N2CCSC23CCN(C(=O)CCl)CC3)cc1. The summed E-state index contributed by atoms with van der Waals surface area (Å²) < 4.78 is 0. The van der Waals surface area contributed by atoms with Crippen molar-refractivity contribution in [3.05, 3.63) is 35.4 Å². The van der Waals surface area contributed by atoms with Gasteiger partial charge in [0.05, 0.1) is 4.87 Å². The maximum atomic E-state index is 12.9. The zero-order valence-electron chi connectivity index (χ0n) is 13.3. The van der Waals surface area contributed by atoms with Gasteiger partial charge in [0, 0.05) is 31.0 Å². The van der Waals surface area contributed by atoms with Crippen molar-refractivity contribution in [1.82, 2.24) is 9.80 Å². The topological polar surface area (TPSA) is 40.6 Å². The molecule has 0 saturated carbocycles. The fourth-order valence-electron chi connectivity index (χ4n) is 3.35. The van der Waals surface area contributed by atoms with Gasteiger partial charge in [0.2, 0.25) is 5.91 Å². The lowest BCUT2D eigenvalue weighted by Gasteiger charge is -2.44. The van der Waals surface area contributed by atoms with Crippen molar-refractivity contribution in [1.29, 1.82) is 0 Å². The Morgan fingerprint density at radius 3 is 2.43 bits per heavy atom. The number of carbonyl (C=O) groups excluding carboxylic acids is 2. The molecule has 0 aromatic heterocycles. The third-order valence-corrected chi connectivity index (χ3v) is 6.51. The lowest BCUT2D eigenvalue weighted by atomic mass is 10.0. The summed E-state index contributed by atoms with van der Waals surface area (Å²) >= 11 is 7.50. The molecule has 1 aromatic rings. The molecule has 0 bridgehead atoms. The van der Waals surface area contributed by atoms with Crippen molar-refractivity contribution in [2.24, 2.45) is 0 Å². The van der Waals surface area contributed by atoms with Crippen LogP contribution in [-0.2, 0) is 4.79 Å². The smallest absolute Gasteiger partial charge is 0.254 e. The molecule has 2 heterocycles. The molecule has 0 unspecified atom stereocenters. The molecule has 4 nitrogen and oxygen atoms in total. The first-order valence-corrected chi connectivity index (χ1v) is 9.44. The van der Waals surface area contributed by atoms with Crippen molar-refractivity contribution in [2.75, 3.05) is 31.3 Å². The number of amides is 2. The fraction of sp³-hybridized carbons (Fsp3) is 0.529. The van der Waals surface area contributed by atoms with E-state index in [-0.39, 0.29) is 22.6 Å². The molecule has 0 N–H and O–H groups in total. The van der Waals surface area contributed by atoms with Gasteiger partial charge in [-0.05, 0) is 31.9 Å². The number of piperidine rings is 1. The Hall–Kier alpha value is -1.20. The lowest BCUT2D eigenvalue weighted by molar-refractivity contribution is -0.130. The summed E-state index contributed by atoms with van der Waals surface area (Å²) in [6.07, 6.45) is 1.63. The third-order valence-electron chi connectivity index (χ3n) is 4.73. The Kier molecular flexibility index (Phi) is 4.87. The van der Waals surface area contributed by atoms with E-state index in [2.05, 4.69) is 0 Å². The minimum Gasteiger partial charge on any atom is -0.341 e. The predicted molar refractivity (Wildman–Crippen MR) is 93.9 cm³/mol. The second-order valence-corrected chi connectivity index (χ2v) is 7.86. The molecule has 2 fully saturated rings. The summed E-state index contributed by atoms with van der Waals surface area (Å²) in [5, 5.41) is 0. The van der Waals surface area contributed by atoms with Crippen LogP contribution in [0.4, 0.5) is 0 Å². The highest BCUT2D eigenvalue weighted by Crippen LogP contribution is 2.44. The van der Waals surface area contributed by atoms with Crippen LogP contribution in [0.1, 0.15) is 28.8 Å². The summed E-state index contributed by atoms with van der Waals surface area (Å²) in [5.74, 6) is 1.08. The molecule has 0 radical (unpaired) electrons. The Bertz CT molecular complexity index is 597. The first-order valence-electron chi connectivity index (χ1n) is 7.92. The van der Waals surface area contributed by atoms with Gasteiger partial charge in [-0.25, -0.2) is 0 Å². The summed E-state index contributed by atoms with van der Waals surface area (Å²) in [6, 6.07) is 7.76. The van der Waals surface area contributed by atoms with Gasteiger partial charge < -0.3 is 9.80 Å². The second kappa shape index (κ2) is 6.73. The van der Waals surface area contributed by atoms with Crippen LogP contribution in [0.25, 0.3) is 0 Å². The molecule has 0 aliphatic carbocycles. The molecular weight excluding hydrogens is 332 g/mol. The van der Waals surface area contributed by atoms with E-state index >= 15 is 0 Å². The first kappa shape index (κ1) is 16.7. The zero-order valence-corrected chi connectivity index (χ0v) is 14.8. The summed E-state index contributed by atoms with van der Waals surface area (Å²) in [4.78, 5) is 28.3. The molecule has 2 saturated heterocycles. The number of hydrogen-bond acceptors (Lipinski definition) is 3. The number of hydrogen-bond donors (Lipinski definition) is 0. The molecule has 1 spiro atoms. The molecular formula is C17H21ClN2O2S. The Labute approximate surface area is 146 Å². The van der Waals surface area contributed by atoms with E-state index in [0.717, 1.165) is 36.3 Å². The van der Waals surface area contributed by atoms with Crippen molar-refractivity contribution in [3.63, 3.8) is 0 Å². The number of likely N-dealkylation sites (tertiary alicyclic amines) is 1. The number of alkyl halides is 1. The summed E-state index contributed by atoms with van der Waals surface area (Å²) in [6.45, 7) is 4.15. The highest BCUT2D eigenvalue weighted by atomic mass is 35.5. The van der Waals surface area contributed by atoms with Crippen molar-refractivity contribution >= 4 is 35.2 Å². The highest BCUT2D eigenvalue weighted by Gasteiger charge is 2.46. The monoisotopic (exact) mass is 352 g/mol.